The Balaban J connectivity index is 1.27. The number of aromatic nitrogens is 1. The molecule has 31 heavy (non-hydrogen) atoms. The van der Waals surface area contributed by atoms with Crippen molar-refractivity contribution < 1.29 is 19.1 Å². The fourth-order valence-corrected chi connectivity index (χ4v) is 5.33. The number of nitrogens with zero attached hydrogens (tertiary/aromatic N) is 2. The number of rotatable bonds is 4. The predicted octanol–water partition coefficient (Wildman–Crippen LogP) is 4.13. The van der Waals surface area contributed by atoms with Crippen LogP contribution in [0.5, 0.6) is 11.5 Å². The molecular weight excluding hydrogens is 434 g/mol. The Bertz CT molecular complexity index is 1100. The standard InChI is InChI=1S/C22H21N3O4S2/c26-20(24-22-23-7-11-30-22)15-2-1-8-25(13-15)21(27)19-6-5-18(31-19)14-3-4-16-17(12-14)29-10-9-28-16/h3-7,11-12,15H,1-2,8-10,13H2,(H,23,24,26). The second-order valence-corrected chi connectivity index (χ2v) is 9.42. The van der Waals surface area contributed by atoms with Crippen molar-refractivity contribution in [3.8, 4) is 21.9 Å². The molecule has 4 heterocycles. The molecule has 0 aliphatic carbocycles. The molecule has 3 aromatic rings. The van der Waals surface area contributed by atoms with Gasteiger partial charge in [-0.15, -0.1) is 22.7 Å². The molecule has 2 aliphatic rings. The van der Waals surface area contributed by atoms with E-state index in [9.17, 15) is 9.59 Å². The van der Waals surface area contributed by atoms with E-state index in [1.165, 1.54) is 22.7 Å². The van der Waals surface area contributed by atoms with E-state index in [0.717, 1.165) is 34.8 Å². The third-order valence-corrected chi connectivity index (χ3v) is 7.20. The number of anilines is 1. The van der Waals surface area contributed by atoms with Crippen molar-refractivity contribution in [1.82, 2.24) is 9.88 Å². The van der Waals surface area contributed by atoms with Gasteiger partial charge in [0.1, 0.15) is 13.2 Å². The first kappa shape index (κ1) is 20.0. The molecule has 0 radical (unpaired) electrons. The Kier molecular flexibility index (Phi) is 5.61. The van der Waals surface area contributed by atoms with Gasteiger partial charge in [-0.2, -0.15) is 0 Å². The van der Waals surface area contributed by atoms with Gasteiger partial charge in [-0.25, -0.2) is 4.98 Å². The van der Waals surface area contributed by atoms with Gasteiger partial charge in [0, 0.05) is 29.5 Å². The minimum atomic E-state index is -0.223. The number of likely N-dealkylation sites (tertiary alicyclic amines) is 1. The maximum absolute atomic E-state index is 13.1. The van der Waals surface area contributed by atoms with Crippen LogP contribution in [0.15, 0.2) is 41.9 Å². The molecule has 0 saturated carbocycles. The molecule has 1 atom stereocenters. The molecule has 7 nitrogen and oxygen atoms in total. The summed E-state index contributed by atoms with van der Waals surface area (Å²) < 4.78 is 11.3. The number of fused-ring (bicyclic) bond motifs is 1. The van der Waals surface area contributed by atoms with Crippen LogP contribution < -0.4 is 14.8 Å². The van der Waals surface area contributed by atoms with Gasteiger partial charge in [0.2, 0.25) is 5.91 Å². The summed E-state index contributed by atoms with van der Waals surface area (Å²) in [6.07, 6.45) is 3.24. The summed E-state index contributed by atoms with van der Waals surface area (Å²) in [6, 6.07) is 9.65. The molecule has 1 unspecified atom stereocenters. The number of hydrogen-bond donors (Lipinski definition) is 1. The van der Waals surface area contributed by atoms with Crippen molar-refractivity contribution in [3.05, 3.63) is 46.8 Å². The summed E-state index contributed by atoms with van der Waals surface area (Å²) in [4.78, 5) is 33.2. The van der Waals surface area contributed by atoms with Crippen molar-refractivity contribution in [3.63, 3.8) is 0 Å². The van der Waals surface area contributed by atoms with E-state index in [-0.39, 0.29) is 17.7 Å². The molecule has 0 bridgehead atoms. The van der Waals surface area contributed by atoms with Gasteiger partial charge in [0.15, 0.2) is 16.6 Å². The Morgan fingerprint density at radius 2 is 2.00 bits per heavy atom. The topological polar surface area (TPSA) is 80.8 Å². The number of carbonyl (C=O) groups excluding carboxylic acids is 2. The van der Waals surface area contributed by atoms with Gasteiger partial charge in [0.05, 0.1) is 10.8 Å². The molecule has 2 aliphatic heterocycles. The highest BCUT2D eigenvalue weighted by Crippen LogP contribution is 2.37. The Labute approximate surface area is 187 Å². The van der Waals surface area contributed by atoms with Crippen LogP contribution in [-0.2, 0) is 4.79 Å². The van der Waals surface area contributed by atoms with E-state index in [0.29, 0.717) is 36.3 Å². The second kappa shape index (κ2) is 8.68. The third kappa shape index (κ3) is 4.28. The van der Waals surface area contributed by atoms with Crippen LogP contribution in [-0.4, -0.2) is 48.0 Å². The number of piperidine rings is 1. The molecule has 0 spiro atoms. The van der Waals surface area contributed by atoms with Gasteiger partial charge in [0.25, 0.3) is 5.91 Å². The molecule has 1 saturated heterocycles. The second-order valence-electron chi connectivity index (χ2n) is 7.44. The fourth-order valence-electron chi connectivity index (χ4n) is 3.83. The van der Waals surface area contributed by atoms with Crippen molar-refractivity contribution in [1.29, 1.82) is 0 Å². The maximum Gasteiger partial charge on any atom is 0.263 e. The Hall–Kier alpha value is -2.91. The molecule has 160 valence electrons. The number of amides is 2. The first-order valence-electron chi connectivity index (χ1n) is 10.2. The first-order valence-corrected chi connectivity index (χ1v) is 11.9. The number of carbonyl (C=O) groups is 2. The van der Waals surface area contributed by atoms with Crippen LogP contribution >= 0.6 is 22.7 Å². The summed E-state index contributed by atoms with van der Waals surface area (Å²) >= 11 is 2.85. The predicted molar refractivity (Wildman–Crippen MR) is 120 cm³/mol. The smallest absolute Gasteiger partial charge is 0.263 e. The van der Waals surface area contributed by atoms with Crippen molar-refractivity contribution >= 4 is 39.6 Å². The lowest BCUT2D eigenvalue weighted by atomic mass is 9.97. The highest BCUT2D eigenvalue weighted by atomic mass is 32.1. The monoisotopic (exact) mass is 455 g/mol. The number of benzene rings is 1. The zero-order chi connectivity index (χ0) is 21.2. The molecule has 2 aromatic heterocycles. The molecule has 1 aromatic carbocycles. The summed E-state index contributed by atoms with van der Waals surface area (Å²) in [5.74, 6) is 1.16. The zero-order valence-electron chi connectivity index (χ0n) is 16.7. The third-order valence-electron chi connectivity index (χ3n) is 5.39. The van der Waals surface area contributed by atoms with E-state index >= 15 is 0 Å². The number of ether oxygens (including phenoxy) is 2. The minimum Gasteiger partial charge on any atom is -0.486 e. The molecule has 1 N–H and O–H groups in total. The number of thiophene rings is 1. The summed E-state index contributed by atoms with van der Waals surface area (Å²) in [6.45, 7) is 2.18. The van der Waals surface area contributed by atoms with Crippen LogP contribution in [0, 0.1) is 5.92 Å². The van der Waals surface area contributed by atoms with Crippen LogP contribution in [0.25, 0.3) is 10.4 Å². The van der Waals surface area contributed by atoms with Gasteiger partial charge >= 0.3 is 0 Å². The average molecular weight is 456 g/mol. The van der Waals surface area contributed by atoms with Crippen molar-refractivity contribution in [2.24, 2.45) is 5.92 Å². The van der Waals surface area contributed by atoms with Crippen molar-refractivity contribution in [2.45, 2.75) is 12.8 Å². The SMILES string of the molecule is O=C(Nc1nccs1)C1CCCN(C(=O)c2ccc(-c3ccc4c(c3)OCCO4)s2)C1. The van der Waals surface area contributed by atoms with E-state index in [1.807, 2.05) is 35.7 Å². The highest BCUT2D eigenvalue weighted by molar-refractivity contribution is 7.17. The molecular formula is C22H21N3O4S2. The quantitative estimate of drug-likeness (QED) is 0.640. The molecule has 5 rings (SSSR count). The average Bonchev–Trinajstić information content (AvgIpc) is 3.51. The Morgan fingerprint density at radius 1 is 1.13 bits per heavy atom. The van der Waals surface area contributed by atoms with Crippen LogP contribution in [0.1, 0.15) is 22.5 Å². The molecule has 1 fully saturated rings. The normalized spacial score (nSPS) is 17.9. The molecule has 9 heteroatoms. The van der Waals surface area contributed by atoms with Gasteiger partial charge in [-0.1, -0.05) is 0 Å². The largest absolute Gasteiger partial charge is 0.486 e. The van der Waals surface area contributed by atoms with E-state index in [4.69, 9.17) is 9.47 Å². The lowest BCUT2D eigenvalue weighted by molar-refractivity contribution is -0.121. The Morgan fingerprint density at radius 3 is 2.84 bits per heavy atom. The first-order chi connectivity index (χ1) is 15.2. The van der Waals surface area contributed by atoms with Crippen LogP contribution in [0.2, 0.25) is 0 Å². The van der Waals surface area contributed by atoms with Gasteiger partial charge in [-0.05, 0) is 48.7 Å². The van der Waals surface area contributed by atoms with E-state index < -0.39 is 0 Å². The van der Waals surface area contributed by atoms with Gasteiger partial charge in [-0.3, -0.25) is 9.59 Å². The number of nitrogens with one attached hydrogen (secondary N) is 1. The lowest BCUT2D eigenvalue weighted by Gasteiger charge is -2.31. The summed E-state index contributed by atoms with van der Waals surface area (Å²) in [5.41, 5.74) is 0.993. The lowest BCUT2D eigenvalue weighted by Crippen LogP contribution is -2.43. The number of thiazole rings is 1. The zero-order valence-corrected chi connectivity index (χ0v) is 18.3. The highest BCUT2D eigenvalue weighted by Gasteiger charge is 2.30. The van der Waals surface area contributed by atoms with Crippen LogP contribution in [0.3, 0.4) is 0 Å². The van der Waals surface area contributed by atoms with E-state index in [2.05, 4.69) is 10.3 Å². The maximum atomic E-state index is 13.1. The van der Waals surface area contributed by atoms with Gasteiger partial charge < -0.3 is 19.7 Å². The number of hydrogen-bond acceptors (Lipinski definition) is 7. The molecule has 2 amide bonds. The summed E-state index contributed by atoms with van der Waals surface area (Å²) in [7, 11) is 0. The minimum absolute atomic E-state index is 0.0273. The van der Waals surface area contributed by atoms with Crippen LogP contribution in [0.4, 0.5) is 5.13 Å². The summed E-state index contributed by atoms with van der Waals surface area (Å²) in [5, 5.41) is 5.27. The van der Waals surface area contributed by atoms with Crippen molar-refractivity contribution in [2.75, 3.05) is 31.6 Å². The van der Waals surface area contributed by atoms with E-state index in [1.54, 1.807) is 11.1 Å². The fraction of sp³-hybridized carbons (Fsp3) is 0.318.